The normalized spacial score (nSPS) is 19.5. The maximum atomic E-state index is 5.38. The SMILES string of the molecule is CC(C)CNC(=S)NC1CCCN(Cc2ccccc2)C1. The Labute approximate surface area is 134 Å². The van der Waals surface area contributed by atoms with E-state index in [4.69, 9.17) is 12.2 Å². The molecule has 0 bridgehead atoms. The molecule has 0 aromatic heterocycles. The van der Waals surface area contributed by atoms with Crippen LogP contribution in [-0.2, 0) is 6.54 Å². The number of nitrogens with one attached hydrogen (secondary N) is 2. The lowest BCUT2D eigenvalue weighted by molar-refractivity contribution is 0.193. The molecule has 1 aromatic rings. The highest BCUT2D eigenvalue weighted by molar-refractivity contribution is 7.80. The number of thiocarbonyl (C=S) groups is 1. The van der Waals surface area contributed by atoms with Gasteiger partial charge in [-0.05, 0) is 43.1 Å². The second-order valence-electron chi connectivity index (χ2n) is 6.31. The van der Waals surface area contributed by atoms with Gasteiger partial charge in [-0.1, -0.05) is 44.2 Å². The van der Waals surface area contributed by atoms with Gasteiger partial charge in [0.1, 0.15) is 0 Å². The van der Waals surface area contributed by atoms with Crippen molar-refractivity contribution < 1.29 is 0 Å². The van der Waals surface area contributed by atoms with Crippen molar-refractivity contribution in [3.8, 4) is 0 Å². The maximum absolute atomic E-state index is 5.38. The Morgan fingerprint density at radius 3 is 2.81 bits per heavy atom. The van der Waals surface area contributed by atoms with E-state index in [-0.39, 0.29) is 0 Å². The standard InChI is InChI=1S/C17H27N3S/c1-14(2)11-18-17(21)19-16-9-6-10-20(13-16)12-15-7-4-3-5-8-15/h3-5,7-8,14,16H,6,9-13H2,1-2H3,(H2,18,19,21). The fourth-order valence-electron chi connectivity index (χ4n) is 2.69. The summed E-state index contributed by atoms with van der Waals surface area (Å²) in [7, 11) is 0. The fraction of sp³-hybridized carbons (Fsp3) is 0.588. The van der Waals surface area contributed by atoms with Crippen molar-refractivity contribution >= 4 is 17.3 Å². The predicted octanol–water partition coefficient (Wildman–Crippen LogP) is 2.77. The molecule has 1 saturated heterocycles. The Hall–Kier alpha value is -1.13. The Morgan fingerprint density at radius 2 is 2.10 bits per heavy atom. The first-order valence-electron chi connectivity index (χ1n) is 7.94. The van der Waals surface area contributed by atoms with Gasteiger partial charge >= 0.3 is 0 Å². The van der Waals surface area contributed by atoms with Crippen LogP contribution in [0.2, 0.25) is 0 Å². The zero-order valence-electron chi connectivity index (χ0n) is 13.1. The molecule has 2 rings (SSSR count). The summed E-state index contributed by atoms with van der Waals surface area (Å²) in [5.74, 6) is 0.616. The molecule has 3 nitrogen and oxygen atoms in total. The Morgan fingerprint density at radius 1 is 1.33 bits per heavy atom. The van der Waals surface area contributed by atoms with Crippen molar-refractivity contribution in [3.05, 3.63) is 35.9 Å². The van der Waals surface area contributed by atoms with Gasteiger partial charge in [0.2, 0.25) is 0 Å². The molecular weight excluding hydrogens is 278 g/mol. The molecule has 1 unspecified atom stereocenters. The Kier molecular flexibility index (Phi) is 6.46. The van der Waals surface area contributed by atoms with Crippen molar-refractivity contribution in [1.82, 2.24) is 15.5 Å². The lowest BCUT2D eigenvalue weighted by Crippen LogP contribution is -2.50. The van der Waals surface area contributed by atoms with E-state index in [0.29, 0.717) is 12.0 Å². The van der Waals surface area contributed by atoms with Crippen molar-refractivity contribution in [2.45, 2.75) is 39.3 Å². The van der Waals surface area contributed by atoms with Crippen LogP contribution >= 0.6 is 12.2 Å². The van der Waals surface area contributed by atoms with Crippen LogP contribution in [0.15, 0.2) is 30.3 Å². The Bertz CT molecular complexity index is 433. The molecule has 2 N–H and O–H groups in total. The van der Waals surface area contributed by atoms with Crippen LogP contribution in [0.4, 0.5) is 0 Å². The molecule has 1 heterocycles. The summed E-state index contributed by atoms with van der Waals surface area (Å²) in [5, 5.41) is 7.57. The van der Waals surface area contributed by atoms with Crippen molar-refractivity contribution in [2.75, 3.05) is 19.6 Å². The van der Waals surface area contributed by atoms with Gasteiger partial charge in [-0.15, -0.1) is 0 Å². The zero-order valence-corrected chi connectivity index (χ0v) is 14.0. The number of rotatable bonds is 5. The van der Waals surface area contributed by atoms with Gasteiger partial charge in [-0.3, -0.25) is 4.90 Å². The maximum Gasteiger partial charge on any atom is 0.166 e. The number of piperidine rings is 1. The van der Waals surface area contributed by atoms with Gasteiger partial charge in [-0.2, -0.15) is 0 Å². The van der Waals surface area contributed by atoms with Gasteiger partial charge in [0, 0.05) is 25.7 Å². The summed E-state index contributed by atoms with van der Waals surface area (Å²) in [6.45, 7) is 8.60. The van der Waals surface area contributed by atoms with Gasteiger partial charge in [0.05, 0.1) is 0 Å². The van der Waals surface area contributed by atoms with E-state index in [9.17, 15) is 0 Å². The zero-order chi connectivity index (χ0) is 15.1. The highest BCUT2D eigenvalue weighted by atomic mass is 32.1. The third kappa shape index (κ3) is 6.02. The van der Waals surface area contributed by atoms with Gasteiger partial charge in [0.15, 0.2) is 5.11 Å². The number of nitrogens with zero attached hydrogens (tertiary/aromatic N) is 1. The van der Waals surface area contributed by atoms with E-state index < -0.39 is 0 Å². The molecule has 1 aromatic carbocycles. The number of benzene rings is 1. The summed E-state index contributed by atoms with van der Waals surface area (Å²) in [5.41, 5.74) is 1.39. The van der Waals surface area contributed by atoms with Gasteiger partial charge in [-0.25, -0.2) is 0 Å². The largest absolute Gasteiger partial charge is 0.362 e. The van der Waals surface area contributed by atoms with Crippen LogP contribution in [0.5, 0.6) is 0 Å². The third-order valence-electron chi connectivity index (χ3n) is 3.76. The minimum absolute atomic E-state index is 0.467. The topological polar surface area (TPSA) is 27.3 Å². The van der Waals surface area contributed by atoms with Crippen LogP contribution in [-0.4, -0.2) is 35.7 Å². The summed E-state index contributed by atoms with van der Waals surface area (Å²) in [6.07, 6.45) is 2.44. The van der Waals surface area contributed by atoms with E-state index in [0.717, 1.165) is 24.7 Å². The van der Waals surface area contributed by atoms with E-state index in [1.807, 2.05) is 0 Å². The minimum Gasteiger partial charge on any atom is -0.362 e. The van der Waals surface area contributed by atoms with Gasteiger partial charge in [0.25, 0.3) is 0 Å². The molecular formula is C17H27N3S. The highest BCUT2D eigenvalue weighted by Gasteiger charge is 2.20. The number of hydrogen-bond donors (Lipinski definition) is 2. The minimum atomic E-state index is 0.467. The molecule has 0 spiro atoms. The summed E-state index contributed by atoms with van der Waals surface area (Å²) in [4.78, 5) is 2.52. The summed E-state index contributed by atoms with van der Waals surface area (Å²) in [6, 6.07) is 11.2. The molecule has 0 saturated carbocycles. The average Bonchev–Trinajstić information content (AvgIpc) is 2.46. The molecule has 0 aliphatic carbocycles. The van der Waals surface area contributed by atoms with Crippen LogP contribution in [0, 0.1) is 5.92 Å². The molecule has 1 aliphatic rings. The molecule has 0 amide bonds. The van der Waals surface area contributed by atoms with E-state index in [1.165, 1.54) is 24.9 Å². The first-order valence-corrected chi connectivity index (χ1v) is 8.35. The average molecular weight is 305 g/mol. The monoisotopic (exact) mass is 305 g/mol. The lowest BCUT2D eigenvalue weighted by Gasteiger charge is -2.33. The van der Waals surface area contributed by atoms with Gasteiger partial charge < -0.3 is 10.6 Å². The van der Waals surface area contributed by atoms with Crippen LogP contribution in [0.1, 0.15) is 32.3 Å². The molecule has 1 atom stereocenters. The molecule has 0 radical (unpaired) electrons. The van der Waals surface area contributed by atoms with Crippen LogP contribution in [0.25, 0.3) is 0 Å². The first-order chi connectivity index (χ1) is 10.1. The van der Waals surface area contributed by atoms with E-state index in [1.54, 1.807) is 0 Å². The predicted molar refractivity (Wildman–Crippen MR) is 93.3 cm³/mol. The van der Waals surface area contributed by atoms with Crippen molar-refractivity contribution in [3.63, 3.8) is 0 Å². The highest BCUT2D eigenvalue weighted by Crippen LogP contribution is 2.13. The molecule has 21 heavy (non-hydrogen) atoms. The second-order valence-corrected chi connectivity index (χ2v) is 6.72. The summed E-state index contributed by atoms with van der Waals surface area (Å²) < 4.78 is 0. The Balaban J connectivity index is 1.76. The van der Waals surface area contributed by atoms with E-state index >= 15 is 0 Å². The number of hydrogen-bond acceptors (Lipinski definition) is 2. The van der Waals surface area contributed by atoms with Crippen molar-refractivity contribution in [1.29, 1.82) is 0 Å². The summed E-state index contributed by atoms with van der Waals surface area (Å²) >= 11 is 5.38. The van der Waals surface area contributed by atoms with Crippen LogP contribution in [0.3, 0.4) is 0 Å². The van der Waals surface area contributed by atoms with Crippen LogP contribution < -0.4 is 10.6 Å². The molecule has 116 valence electrons. The van der Waals surface area contributed by atoms with Crippen molar-refractivity contribution in [2.24, 2.45) is 5.92 Å². The lowest BCUT2D eigenvalue weighted by atomic mass is 10.0. The number of likely N-dealkylation sites (tertiary alicyclic amines) is 1. The first kappa shape index (κ1) is 16.2. The quantitative estimate of drug-likeness (QED) is 0.818. The molecule has 4 heteroatoms. The second kappa shape index (κ2) is 8.35. The molecule has 1 aliphatic heterocycles. The smallest absolute Gasteiger partial charge is 0.166 e. The van der Waals surface area contributed by atoms with E-state index in [2.05, 4.69) is 59.7 Å². The molecule has 1 fully saturated rings. The fourth-order valence-corrected chi connectivity index (χ4v) is 2.94. The third-order valence-corrected chi connectivity index (χ3v) is 4.02.